The van der Waals surface area contributed by atoms with Crippen LogP contribution in [0.1, 0.15) is 16.7 Å². The molecule has 0 bridgehead atoms. The zero-order chi connectivity index (χ0) is 19.3. The number of halogens is 1. The van der Waals surface area contributed by atoms with Crippen molar-refractivity contribution in [3.05, 3.63) is 113 Å². The summed E-state index contributed by atoms with van der Waals surface area (Å²) >= 11 is 0. The molecule has 3 aromatic carbocycles. The van der Waals surface area contributed by atoms with E-state index in [1.807, 2.05) is 54.6 Å². The smallest absolute Gasteiger partial charge is 0.343 e. The van der Waals surface area contributed by atoms with E-state index in [-0.39, 0.29) is 5.82 Å². The summed E-state index contributed by atoms with van der Waals surface area (Å²) < 4.78 is 24.1. The van der Waals surface area contributed by atoms with Gasteiger partial charge in [-0.1, -0.05) is 42.5 Å². The number of hydrogen-bond acceptors (Lipinski definition) is 3. The average molecular weight is 372 g/mol. The van der Waals surface area contributed by atoms with Gasteiger partial charge in [0.1, 0.15) is 23.9 Å². The molecule has 0 unspecified atom stereocenters. The van der Waals surface area contributed by atoms with E-state index in [1.54, 1.807) is 24.3 Å². The molecule has 0 saturated carbocycles. The molecule has 28 heavy (non-hydrogen) atoms. The van der Waals surface area contributed by atoms with Crippen LogP contribution < -0.4 is 4.74 Å². The molecule has 0 atom stereocenters. The minimum atomic E-state index is -0.427. The molecule has 1 heterocycles. The number of hydrogen-bond donors (Lipinski definition) is 0. The maximum absolute atomic E-state index is 13.0. The van der Waals surface area contributed by atoms with Crippen LogP contribution in [0.2, 0.25) is 0 Å². The van der Waals surface area contributed by atoms with Gasteiger partial charge < -0.3 is 9.47 Å². The van der Waals surface area contributed by atoms with Crippen molar-refractivity contribution in [3.8, 4) is 5.75 Å². The van der Waals surface area contributed by atoms with Crippen molar-refractivity contribution in [2.24, 2.45) is 0 Å². The number of benzene rings is 3. The second-order valence-corrected chi connectivity index (χ2v) is 6.35. The van der Waals surface area contributed by atoms with Crippen LogP contribution in [0.4, 0.5) is 4.39 Å². The van der Waals surface area contributed by atoms with E-state index < -0.39 is 5.97 Å². The standard InChI is InChI=1S/C24H17FO3/c25-21-10-8-19(9-11-21)23-15-20(24(26)28-23)14-17-6-12-22(13-7-17)27-16-18-4-2-1-3-5-18/h1-15H,16H2. The predicted molar refractivity (Wildman–Crippen MR) is 106 cm³/mol. The first kappa shape index (κ1) is 17.7. The largest absolute Gasteiger partial charge is 0.489 e. The lowest BCUT2D eigenvalue weighted by molar-refractivity contribution is -0.130. The van der Waals surface area contributed by atoms with Crippen LogP contribution in [0.25, 0.3) is 11.8 Å². The fourth-order valence-corrected chi connectivity index (χ4v) is 2.83. The molecule has 3 nitrogen and oxygen atoms in total. The minimum Gasteiger partial charge on any atom is -0.489 e. The van der Waals surface area contributed by atoms with Crippen LogP contribution in [-0.2, 0) is 16.1 Å². The first-order chi connectivity index (χ1) is 13.7. The van der Waals surface area contributed by atoms with E-state index in [4.69, 9.17) is 9.47 Å². The van der Waals surface area contributed by atoms with Gasteiger partial charge in [0.15, 0.2) is 0 Å². The van der Waals surface area contributed by atoms with E-state index >= 15 is 0 Å². The van der Waals surface area contributed by atoms with E-state index in [2.05, 4.69) is 0 Å². The van der Waals surface area contributed by atoms with Crippen molar-refractivity contribution in [1.82, 2.24) is 0 Å². The minimum absolute atomic E-state index is 0.334. The van der Waals surface area contributed by atoms with Gasteiger partial charge in [0, 0.05) is 5.56 Å². The van der Waals surface area contributed by atoms with Gasteiger partial charge in [-0.05, 0) is 59.7 Å². The fourth-order valence-electron chi connectivity index (χ4n) is 2.83. The maximum atomic E-state index is 13.0. The normalized spacial score (nSPS) is 14.7. The first-order valence-electron chi connectivity index (χ1n) is 8.86. The summed E-state index contributed by atoms with van der Waals surface area (Å²) in [4.78, 5) is 12.1. The predicted octanol–water partition coefficient (Wildman–Crippen LogP) is 5.39. The fraction of sp³-hybridized carbons (Fsp3) is 0.0417. The molecule has 0 spiro atoms. The van der Waals surface area contributed by atoms with E-state index in [1.165, 1.54) is 12.1 Å². The van der Waals surface area contributed by atoms with Gasteiger partial charge in [0.05, 0.1) is 5.57 Å². The van der Waals surface area contributed by atoms with Crippen molar-refractivity contribution in [1.29, 1.82) is 0 Å². The van der Waals surface area contributed by atoms with Crippen LogP contribution in [0.3, 0.4) is 0 Å². The molecule has 138 valence electrons. The number of carbonyl (C=O) groups excluding carboxylic acids is 1. The highest BCUT2D eigenvalue weighted by Gasteiger charge is 2.21. The molecule has 3 aromatic rings. The molecule has 1 aliphatic rings. The van der Waals surface area contributed by atoms with Crippen molar-refractivity contribution < 1.29 is 18.7 Å². The summed E-state index contributed by atoms with van der Waals surface area (Å²) in [6.07, 6.45) is 3.41. The Labute approximate surface area is 162 Å². The molecule has 0 aliphatic carbocycles. The third-order valence-corrected chi connectivity index (χ3v) is 4.30. The summed E-state index contributed by atoms with van der Waals surface area (Å²) in [5.74, 6) is 0.407. The number of carbonyl (C=O) groups is 1. The van der Waals surface area contributed by atoms with Gasteiger partial charge in [-0.3, -0.25) is 0 Å². The summed E-state index contributed by atoms with van der Waals surface area (Å²) in [5.41, 5.74) is 3.05. The Morgan fingerprint density at radius 2 is 1.61 bits per heavy atom. The number of ether oxygens (including phenoxy) is 2. The molecule has 0 fully saturated rings. The highest BCUT2D eigenvalue weighted by atomic mass is 19.1. The van der Waals surface area contributed by atoms with Crippen LogP contribution in [0.15, 0.2) is 90.5 Å². The lowest BCUT2D eigenvalue weighted by atomic mass is 10.1. The lowest BCUT2D eigenvalue weighted by Crippen LogP contribution is -1.97. The van der Waals surface area contributed by atoms with Gasteiger partial charge in [0.25, 0.3) is 0 Å². The third-order valence-electron chi connectivity index (χ3n) is 4.30. The molecule has 0 aromatic heterocycles. The zero-order valence-corrected chi connectivity index (χ0v) is 15.0. The van der Waals surface area contributed by atoms with Crippen LogP contribution in [0, 0.1) is 5.82 Å². The molecule has 1 aliphatic heterocycles. The van der Waals surface area contributed by atoms with Crippen LogP contribution >= 0.6 is 0 Å². The Kier molecular flexibility index (Phi) is 5.02. The van der Waals surface area contributed by atoms with Crippen molar-refractivity contribution in [2.75, 3.05) is 0 Å². The van der Waals surface area contributed by atoms with E-state index in [9.17, 15) is 9.18 Å². The summed E-state index contributed by atoms with van der Waals surface area (Å²) in [7, 11) is 0. The number of rotatable bonds is 5. The quantitative estimate of drug-likeness (QED) is 0.445. The average Bonchev–Trinajstić information content (AvgIpc) is 3.09. The molecular weight excluding hydrogens is 355 g/mol. The van der Waals surface area contributed by atoms with Gasteiger partial charge in [-0.15, -0.1) is 0 Å². The zero-order valence-electron chi connectivity index (χ0n) is 15.0. The molecule has 0 saturated heterocycles. The second-order valence-electron chi connectivity index (χ2n) is 6.35. The van der Waals surface area contributed by atoms with E-state index in [0.717, 1.165) is 16.9 Å². The summed E-state index contributed by atoms with van der Waals surface area (Å²) in [6, 6.07) is 23.2. The topological polar surface area (TPSA) is 35.5 Å². The van der Waals surface area contributed by atoms with Crippen LogP contribution in [-0.4, -0.2) is 5.97 Å². The Morgan fingerprint density at radius 3 is 2.32 bits per heavy atom. The van der Waals surface area contributed by atoms with Crippen molar-refractivity contribution in [2.45, 2.75) is 6.61 Å². The van der Waals surface area contributed by atoms with Crippen molar-refractivity contribution in [3.63, 3.8) is 0 Å². The highest BCUT2D eigenvalue weighted by Crippen LogP contribution is 2.28. The monoisotopic (exact) mass is 372 g/mol. The SMILES string of the molecule is O=C1OC(c2ccc(F)cc2)=CC1=Cc1ccc(OCc2ccccc2)cc1. The molecule has 0 N–H and O–H groups in total. The Morgan fingerprint density at radius 1 is 0.893 bits per heavy atom. The Hall–Kier alpha value is -3.66. The van der Waals surface area contributed by atoms with E-state index in [0.29, 0.717) is 23.5 Å². The molecule has 0 radical (unpaired) electrons. The summed E-state index contributed by atoms with van der Waals surface area (Å²) in [5, 5.41) is 0. The Balaban J connectivity index is 1.46. The molecular formula is C24H17FO3. The number of esters is 1. The van der Waals surface area contributed by atoms with Crippen LogP contribution in [0.5, 0.6) is 5.75 Å². The molecule has 0 amide bonds. The van der Waals surface area contributed by atoms with Gasteiger partial charge in [-0.2, -0.15) is 0 Å². The first-order valence-corrected chi connectivity index (χ1v) is 8.86. The highest BCUT2D eigenvalue weighted by molar-refractivity contribution is 6.05. The molecule has 4 heteroatoms. The summed E-state index contributed by atoms with van der Waals surface area (Å²) in [6.45, 7) is 0.497. The molecule has 4 rings (SSSR count). The maximum Gasteiger partial charge on any atom is 0.343 e. The lowest BCUT2D eigenvalue weighted by Gasteiger charge is -2.06. The number of cyclic esters (lactones) is 1. The Bertz CT molecular complexity index is 1030. The third kappa shape index (κ3) is 4.18. The van der Waals surface area contributed by atoms with Gasteiger partial charge in [-0.25, -0.2) is 9.18 Å². The van der Waals surface area contributed by atoms with Crippen molar-refractivity contribution >= 4 is 17.8 Å². The van der Waals surface area contributed by atoms with Gasteiger partial charge >= 0.3 is 5.97 Å². The second kappa shape index (κ2) is 7.92. The van der Waals surface area contributed by atoms with Gasteiger partial charge in [0.2, 0.25) is 0 Å².